The number of piperazine rings is 1. The first kappa shape index (κ1) is 24.4. The second kappa shape index (κ2) is 10.5. The van der Waals surface area contributed by atoms with Crippen LogP contribution >= 0.6 is 24.8 Å². The van der Waals surface area contributed by atoms with Crippen LogP contribution in [0, 0.1) is 0 Å². The molecule has 1 aliphatic heterocycles. The third-order valence-electron chi connectivity index (χ3n) is 3.57. The van der Waals surface area contributed by atoms with E-state index < -0.39 is 22.6 Å². The number of benzene rings is 1. The monoisotopic (exact) mass is 423 g/mol. The van der Waals surface area contributed by atoms with E-state index in [9.17, 15) is 21.6 Å². The lowest BCUT2D eigenvalue weighted by Crippen LogP contribution is -2.46. The third-order valence-corrected chi connectivity index (χ3v) is 5.04. The minimum Gasteiger partial charge on any atom is -0.314 e. The Morgan fingerprint density at radius 3 is 2.16 bits per heavy atom. The van der Waals surface area contributed by atoms with Gasteiger partial charge in [0.1, 0.15) is 0 Å². The van der Waals surface area contributed by atoms with Gasteiger partial charge in [0, 0.05) is 39.3 Å². The van der Waals surface area contributed by atoms with Gasteiger partial charge in [0.05, 0.1) is 11.3 Å². The van der Waals surface area contributed by atoms with Crippen LogP contribution in [0.3, 0.4) is 0 Å². The summed E-state index contributed by atoms with van der Waals surface area (Å²) in [6, 6.07) is 4.79. The molecule has 25 heavy (non-hydrogen) atoms. The molecule has 0 aromatic heterocycles. The molecule has 1 saturated heterocycles. The number of rotatable bonds is 6. The SMILES string of the molecule is Cl.Cl.O=S(=O)(NCCN1CCNCC1)c1ccc(CC(F)(F)F)cc1. The molecule has 0 radical (unpaired) electrons. The maximum Gasteiger partial charge on any atom is 0.393 e. The van der Waals surface area contributed by atoms with Crippen LogP contribution in [0.2, 0.25) is 0 Å². The van der Waals surface area contributed by atoms with Crippen molar-refractivity contribution in [2.45, 2.75) is 17.5 Å². The van der Waals surface area contributed by atoms with Gasteiger partial charge in [-0.3, -0.25) is 4.90 Å². The standard InChI is InChI=1S/C14H20F3N3O2S.2ClH/c15-14(16,17)11-12-1-3-13(4-2-12)23(21,22)19-7-10-20-8-5-18-6-9-20;;/h1-4,18-19H,5-11H2;2*1H. The highest BCUT2D eigenvalue weighted by Crippen LogP contribution is 2.22. The van der Waals surface area contributed by atoms with Gasteiger partial charge in [-0.1, -0.05) is 12.1 Å². The Hall–Kier alpha value is -0.580. The predicted octanol–water partition coefficient (Wildman–Crippen LogP) is 1.82. The molecule has 1 fully saturated rings. The smallest absolute Gasteiger partial charge is 0.314 e. The summed E-state index contributed by atoms with van der Waals surface area (Å²) in [5.41, 5.74) is 0.0391. The Balaban J connectivity index is 0.00000288. The highest BCUT2D eigenvalue weighted by atomic mass is 35.5. The van der Waals surface area contributed by atoms with Crippen molar-refractivity contribution in [2.24, 2.45) is 0 Å². The first-order valence-electron chi connectivity index (χ1n) is 7.35. The van der Waals surface area contributed by atoms with E-state index in [1.54, 1.807) is 0 Å². The van der Waals surface area contributed by atoms with E-state index in [0.717, 1.165) is 26.2 Å². The second-order valence-electron chi connectivity index (χ2n) is 5.43. The molecular formula is C14H22Cl2F3N3O2S. The normalized spacial score (nSPS) is 16.0. The number of hydrogen-bond donors (Lipinski definition) is 2. The number of nitrogens with zero attached hydrogens (tertiary/aromatic N) is 1. The molecular weight excluding hydrogens is 402 g/mol. The van der Waals surface area contributed by atoms with E-state index in [4.69, 9.17) is 0 Å². The van der Waals surface area contributed by atoms with Crippen molar-refractivity contribution in [1.82, 2.24) is 14.9 Å². The maximum absolute atomic E-state index is 12.3. The van der Waals surface area contributed by atoms with Gasteiger partial charge in [0.15, 0.2) is 0 Å². The zero-order valence-corrected chi connectivity index (χ0v) is 15.8. The van der Waals surface area contributed by atoms with Crippen molar-refractivity contribution in [3.63, 3.8) is 0 Å². The van der Waals surface area contributed by atoms with E-state index in [-0.39, 0.29) is 41.8 Å². The average molecular weight is 424 g/mol. The van der Waals surface area contributed by atoms with E-state index in [0.29, 0.717) is 6.54 Å². The lowest BCUT2D eigenvalue weighted by Gasteiger charge is -2.27. The first-order chi connectivity index (χ1) is 10.8. The fraction of sp³-hybridized carbons (Fsp3) is 0.571. The molecule has 0 spiro atoms. The summed E-state index contributed by atoms with van der Waals surface area (Å²) in [6.07, 6.45) is -5.37. The Bertz CT molecular complexity index is 607. The molecule has 1 aliphatic rings. The molecule has 11 heteroatoms. The molecule has 0 aliphatic carbocycles. The van der Waals surface area contributed by atoms with Gasteiger partial charge in [-0.25, -0.2) is 13.1 Å². The maximum atomic E-state index is 12.3. The van der Waals surface area contributed by atoms with Gasteiger partial charge in [0.25, 0.3) is 0 Å². The molecule has 0 amide bonds. The second-order valence-corrected chi connectivity index (χ2v) is 7.19. The van der Waals surface area contributed by atoms with Crippen LogP contribution in [0.5, 0.6) is 0 Å². The Morgan fingerprint density at radius 2 is 1.64 bits per heavy atom. The summed E-state index contributed by atoms with van der Waals surface area (Å²) < 4.78 is 63.5. The van der Waals surface area contributed by atoms with E-state index in [1.165, 1.54) is 24.3 Å². The lowest BCUT2D eigenvalue weighted by atomic mass is 10.1. The largest absolute Gasteiger partial charge is 0.393 e. The van der Waals surface area contributed by atoms with Gasteiger partial charge in [-0.05, 0) is 17.7 Å². The van der Waals surface area contributed by atoms with Crippen LogP contribution in [0.4, 0.5) is 13.2 Å². The summed E-state index contributed by atoms with van der Waals surface area (Å²) in [4.78, 5) is 2.12. The summed E-state index contributed by atoms with van der Waals surface area (Å²) in [7, 11) is -3.70. The molecule has 146 valence electrons. The number of alkyl halides is 3. The predicted molar refractivity (Wildman–Crippen MR) is 95.2 cm³/mol. The van der Waals surface area contributed by atoms with E-state index >= 15 is 0 Å². The van der Waals surface area contributed by atoms with Crippen molar-refractivity contribution in [3.8, 4) is 0 Å². The summed E-state index contributed by atoms with van der Waals surface area (Å²) in [5.74, 6) is 0. The Labute approximate surface area is 158 Å². The zero-order valence-electron chi connectivity index (χ0n) is 13.4. The number of sulfonamides is 1. The Morgan fingerprint density at radius 1 is 1.08 bits per heavy atom. The van der Waals surface area contributed by atoms with E-state index in [1.807, 2.05) is 0 Å². The van der Waals surface area contributed by atoms with Crippen LogP contribution in [0.1, 0.15) is 5.56 Å². The van der Waals surface area contributed by atoms with Gasteiger partial charge < -0.3 is 5.32 Å². The molecule has 0 atom stereocenters. The topological polar surface area (TPSA) is 61.4 Å². The van der Waals surface area contributed by atoms with Crippen molar-refractivity contribution in [2.75, 3.05) is 39.3 Å². The van der Waals surface area contributed by atoms with Gasteiger partial charge in [-0.2, -0.15) is 13.2 Å². The summed E-state index contributed by atoms with van der Waals surface area (Å²) in [5, 5.41) is 3.21. The average Bonchev–Trinajstić information content (AvgIpc) is 2.47. The van der Waals surface area contributed by atoms with Crippen molar-refractivity contribution < 1.29 is 21.6 Å². The van der Waals surface area contributed by atoms with Crippen molar-refractivity contribution in [1.29, 1.82) is 0 Å². The molecule has 0 saturated carbocycles. The fourth-order valence-corrected chi connectivity index (χ4v) is 3.40. The van der Waals surface area contributed by atoms with Gasteiger partial charge in [-0.15, -0.1) is 24.8 Å². The molecule has 1 aromatic rings. The molecule has 0 unspecified atom stereocenters. The molecule has 2 N–H and O–H groups in total. The zero-order chi connectivity index (χ0) is 16.9. The van der Waals surface area contributed by atoms with Gasteiger partial charge in [0.2, 0.25) is 10.0 Å². The lowest BCUT2D eigenvalue weighted by molar-refractivity contribution is -0.127. The molecule has 1 heterocycles. The highest BCUT2D eigenvalue weighted by molar-refractivity contribution is 7.89. The number of nitrogens with one attached hydrogen (secondary N) is 2. The quantitative estimate of drug-likeness (QED) is 0.732. The van der Waals surface area contributed by atoms with Crippen LogP contribution in [-0.4, -0.2) is 58.8 Å². The van der Waals surface area contributed by atoms with Gasteiger partial charge >= 0.3 is 6.18 Å². The third kappa shape index (κ3) is 8.57. The highest BCUT2D eigenvalue weighted by Gasteiger charge is 2.27. The van der Waals surface area contributed by atoms with Crippen LogP contribution < -0.4 is 10.0 Å². The molecule has 1 aromatic carbocycles. The number of hydrogen-bond acceptors (Lipinski definition) is 4. The minimum atomic E-state index is -4.30. The van der Waals surface area contributed by atoms with Crippen molar-refractivity contribution >= 4 is 34.8 Å². The molecule has 0 bridgehead atoms. The van der Waals surface area contributed by atoms with Crippen LogP contribution in [0.15, 0.2) is 29.2 Å². The molecule has 2 rings (SSSR count). The summed E-state index contributed by atoms with van der Waals surface area (Å²) >= 11 is 0. The van der Waals surface area contributed by atoms with E-state index in [2.05, 4.69) is 14.9 Å². The van der Waals surface area contributed by atoms with Crippen molar-refractivity contribution in [3.05, 3.63) is 29.8 Å². The Kier molecular flexibility index (Phi) is 10.3. The minimum absolute atomic E-state index is 0. The van der Waals surface area contributed by atoms with Crippen LogP contribution in [0.25, 0.3) is 0 Å². The number of halogens is 5. The fourth-order valence-electron chi connectivity index (χ4n) is 2.37. The molecule has 5 nitrogen and oxygen atoms in total. The first-order valence-corrected chi connectivity index (χ1v) is 8.83. The summed E-state index contributed by atoms with van der Waals surface area (Å²) in [6.45, 7) is 4.38. The van der Waals surface area contributed by atoms with Crippen LogP contribution in [-0.2, 0) is 16.4 Å².